The Hall–Kier alpha value is -1.06. The molecule has 3 nitrogen and oxygen atoms in total. The first-order valence-electron chi connectivity index (χ1n) is 5.28. The van der Waals surface area contributed by atoms with Gasteiger partial charge in [0.15, 0.2) is 0 Å². The fourth-order valence-electron chi connectivity index (χ4n) is 1.92. The Kier molecular flexibility index (Phi) is 3.23. The van der Waals surface area contributed by atoms with Crippen LogP contribution in [0.2, 0.25) is 0 Å². The monoisotopic (exact) mass is 205 g/mol. The van der Waals surface area contributed by atoms with E-state index in [0.29, 0.717) is 6.04 Å². The first-order chi connectivity index (χ1) is 7.31. The van der Waals surface area contributed by atoms with Crippen LogP contribution in [0.25, 0.3) is 0 Å². The Bertz CT molecular complexity index is 310. The van der Waals surface area contributed by atoms with Gasteiger partial charge in [0.2, 0.25) is 0 Å². The SMILES string of the molecule is COc1ccc(C2C[N]CCN2C)cc1. The average molecular weight is 205 g/mol. The highest BCUT2D eigenvalue weighted by Gasteiger charge is 2.20. The van der Waals surface area contributed by atoms with E-state index in [1.54, 1.807) is 7.11 Å². The van der Waals surface area contributed by atoms with Gasteiger partial charge in [-0.1, -0.05) is 12.1 Å². The summed E-state index contributed by atoms with van der Waals surface area (Å²) in [6.07, 6.45) is 0. The second-order valence-electron chi connectivity index (χ2n) is 3.90. The van der Waals surface area contributed by atoms with Gasteiger partial charge < -0.3 is 4.74 Å². The third kappa shape index (κ3) is 2.30. The lowest BCUT2D eigenvalue weighted by atomic mass is 10.0. The summed E-state index contributed by atoms with van der Waals surface area (Å²) in [5, 5.41) is 4.45. The molecule has 0 aromatic heterocycles. The van der Waals surface area contributed by atoms with Gasteiger partial charge in [-0.25, -0.2) is 5.32 Å². The fraction of sp³-hybridized carbons (Fsp3) is 0.500. The van der Waals surface area contributed by atoms with Crippen molar-refractivity contribution in [1.29, 1.82) is 0 Å². The maximum absolute atomic E-state index is 5.15. The second-order valence-corrected chi connectivity index (χ2v) is 3.90. The lowest BCUT2D eigenvalue weighted by molar-refractivity contribution is 0.199. The summed E-state index contributed by atoms with van der Waals surface area (Å²) in [6.45, 7) is 2.92. The lowest BCUT2D eigenvalue weighted by Gasteiger charge is -2.32. The summed E-state index contributed by atoms with van der Waals surface area (Å²) >= 11 is 0. The van der Waals surface area contributed by atoms with Crippen molar-refractivity contribution in [3.63, 3.8) is 0 Å². The van der Waals surface area contributed by atoms with Gasteiger partial charge in [0.05, 0.1) is 7.11 Å². The van der Waals surface area contributed by atoms with Crippen LogP contribution in [-0.4, -0.2) is 38.7 Å². The quantitative estimate of drug-likeness (QED) is 0.727. The van der Waals surface area contributed by atoms with Gasteiger partial charge in [0, 0.05) is 25.7 Å². The van der Waals surface area contributed by atoms with Gasteiger partial charge in [0.25, 0.3) is 0 Å². The molecule has 1 atom stereocenters. The van der Waals surface area contributed by atoms with Crippen molar-refractivity contribution in [3.8, 4) is 5.75 Å². The van der Waals surface area contributed by atoms with Gasteiger partial charge in [0.1, 0.15) is 5.75 Å². The predicted molar refractivity (Wildman–Crippen MR) is 60.2 cm³/mol. The number of rotatable bonds is 2. The summed E-state index contributed by atoms with van der Waals surface area (Å²) in [5.74, 6) is 0.911. The maximum Gasteiger partial charge on any atom is 0.118 e. The Balaban J connectivity index is 2.13. The molecule has 1 saturated heterocycles. The largest absolute Gasteiger partial charge is 0.497 e. The number of methoxy groups -OCH3 is 1. The Morgan fingerprint density at radius 2 is 2.07 bits per heavy atom. The molecule has 0 bridgehead atoms. The van der Waals surface area contributed by atoms with Gasteiger partial charge in [-0.3, -0.25) is 4.90 Å². The van der Waals surface area contributed by atoms with Gasteiger partial charge in [-0.2, -0.15) is 0 Å². The van der Waals surface area contributed by atoms with E-state index in [0.717, 1.165) is 25.4 Å². The van der Waals surface area contributed by atoms with Crippen molar-refractivity contribution in [2.75, 3.05) is 33.8 Å². The Morgan fingerprint density at radius 1 is 1.33 bits per heavy atom. The van der Waals surface area contributed by atoms with Crippen molar-refractivity contribution in [2.24, 2.45) is 0 Å². The molecule has 1 aromatic carbocycles. The number of benzene rings is 1. The van der Waals surface area contributed by atoms with Crippen LogP contribution in [0.3, 0.4) is 0 Å². The number of hydrogen-bond donors (Lipinski definition) is 0. The van der Waals surface area contributed by atoms with Crippen LogP contribution in [0, 0.1) is 0 Å². The smallest absolute Gasteiger partial charge is 0.118 e. The zero-order valence-electron chi connectivity index (χ0n) is 9.31. The van der Waals surface area contributed by atoms with Gasteiger partial charge in [-0.15, -0.1) is 0 Å². The van der Waals surface area contributed by atoms with E-state index in [1.807, 2.05) is 12.1 Å². The molecule has 3 heteroatoms. The van der Waals surface area contributed by atoms with E-state index in [-0.39, 0.29) is 0 Å². The van der Waals surface area contributed by atoms with Crippen LogP contribution in [0.15, 0.2) is 24.3 Å². The van der Waals surface area contributed by atoms with E-state index >= 15 is 0 Å². The van der Waals surface area contributed by atoms with Crippen molar-refractivity contribution in [1.82, 2.24) is 10.2 Å². The molecule has 1 aromatic rings. The fourth-order valence-corrected chi connectivity index (χ4v) is 1.92. The van der Waals surface area contributed by atoms with Crippen LogP contribution in [0.1, 0.15) is 11.6 Å². The molecule has 2 rings (SSSR count). The molecule has 0 spiro atoms. The van der Waals surface area contributed by atoms with Crippen LogP contribution >= 0.6 is 0 Å². The highest BCUT2D eigenvalue weighted by atomic mass is 16.5. The minimum Gasteiger partial charge on any atom is -0.497 e. The van der Waals surface area contributed by atoms with E-state index in [1.165, 1.54) is 5.56 Å². The van der Waals surface area contributed by atoms with Crippen LogP contribution in [0.5, 0.6) is 5.75 Å². The molecule has 0 N–H and O–H groups in total. The average Bonchev–Trinajstić information content (AvgIpc) is 2.30. The first-order valence-corrected chi connectivity index (χ1v) is 5.28. The molecule has 1 unspecified atom stereocenters. The van der Waals surface area contributed by atoms with Crippen LogP contribution in [-0.2, 0) is 0 Å². The summed E-state index contributed by atoms with van der Waals surface area (Å²) in [5.41, 5.74) is 1.32. The summed E-state index contributed by atoms with van der Waals surface area (Å²) < 4.78 is 5.15. The normalized spacial score (nSPS) is 22.7. The standard InChI is InChI=1S/C12H17N2O/c1-14-8-7-13-9-12(14)10-3-5-11(15-2)6-4-10/h3-6,12H,7-9H2,1-2H3. The molecular weight excluding hydrogens is 188 g/mol. The highest BCUT2D eigenvalue weighted by Crippen LogP contribution is 2.23. The van der Waals surface area contributed by atoms with E-state index < -0.39 is 0 Å². The minimum absolute atomic E-state index is 0.435. The van der Waals surface area contributed by atoms with Crippen molar-refractivity contribution in [2.45, 2.75) is 6.04 Å². The van der Waals surface area contributed by atoms with Crippen molar-refractivity contribution >= 4 is 0 Å². The Labute approximate surface area is 91.0 Å². The summed E-state index contributed by atoms with van der Waals surface area (Å²) in [4.78, 5) is 2.36. The molecule has 0 saturated carbocycles. The zero-order chi connectivity index (χ0) is 10.7. The molecule has 0 amide bonds. The molecule has 1 aliphatic rings. The molecule has 1 radical (unpaired) electrons. The van der Waals surface area contributed by atoms with E-state index in [2.05, 4.69) is 29.4 Å². The van der Waals surface area contributed by atoms with Crippen LogP contribution < -0.4 is 10.1 Å². The molecule has 1 aliphatic heterocycles. The zero-order valence-corrected chi connectivity index (χ0v) is 9.31. The number of likely N-dealkylation sites (N-methyl/N-ethyl adjacent to an activating group) is 1. The second kappa shape index (κ2) is 4.64. The van der Waals surface area contributed by atoms with E-state index in [4.69, 9.17) is 4.74 Å². The molecule has 1 heterocycles. The van der Waals surface area contributed by atoms with Gasteiger partial charge >= 0.3 is 0 Å². The minimum atomic E-state index is 0.435. The number of nitrogens with zero attached hydrogens (tertiary/aromatic N) is 2. The molecule has 0 aliphatic carbocycles. The molecular formula is C12H17N2O. The van der Waals surface area contributed by atoms with Crippen molar-refractivity contribution < 1.29 is 4.74 Å². The number of ether oxygens (including phenoxy) is 1. The highest BCUT2D eigenvalue weighted by molar-refractivity contribution is 5.29. The van der Waals surface area contributed by atoms with Crippen LogP contribution in [0.4, 0.5) is 0 Å². The van der Waals surface area contributed by atoms with Gasteiger partial charge in [-0.05, 0) is 24.7 Å². The predicted octanol–water partition coefficient (Wildman–Crippen LogP) is 1.29. The number of hydrogen-bond acceptors (Lipinski definition) is 2. The maximum atomic E-state index is 5.15. The summed E-state index contributed by atoms with van der Waals surface area (Å²) in [6, 6.07) is 8.71. The first kappa shape index (κ1) is 10.5. The topological polar surface area (TPSA) is 26.6 Å². The summed E-state index contributed by atoms with van der Waals surface area (Å²) in [7, 11) is 3.85. The molecule has 15 heavy (non-hydrogen) atoms. The molecule has 81 valence electrons. The molecule has 1 fully saturated rings. The third-order valence-corrected chi connectivity index (χ3v) is 2.95. The van der Waals surface area contributed by atoms with Crippen molar-refractivity contribution in [3.05, 3.63) is 29.8 Å². The lowest BCUT2D eigenvalue weighted by Crippen LogP contribution is -2.40. The Morgan fingerprint density at radius 3 is 2.67 bits per heavy atom. The number of piperazine rings is 1. The third-order valence-electron chi connectivity index (χ3n) is 2.95. The van der Waals surface area contributed by atoms with E-state index in [9.17, 15) is 0 Å².